The Hall–Kier alpha value is -0.820. The highest BCUT2D eigenvalue weighted by Crippen LogP contribution is 2.23. The monoisotopic (exact) mass is 585 g/mol. The summed E-state index contributed by atoms with van der Waals surface area (Å²) in [7, 11) is 0. The van der Waals surface area contributed by atoms with Crippen molar-refractivity contribution in [1.82, 2.24) is 0 Å². The van der Waals surface area contributed by atoms with E-state index in [0.29, 0.717) is 0 Å². The van der Waals surface area contributed by atoms with Gasteiger partial charge in [0.15, 0.2) is 0 Å². The zero-order valence-corrected chi connectivity index (χ0v) is 29.5. The molecule has 1 rings (SSSR count). The molecule has 1 heteroatoms. The van der Waals surface area contributed by atoms with Crippen LogP contribution < -0.4 is 0 Å². The van der Waals surface area contributed by atoms with E-state index in [0.717, 1.165) is 0 Å². The number of hydrogen-bond donors (Lipinski definition) is 0. The molecule has 0 heterocycles. The van der Waals surface area contributed by atoms with Crippen LogP contribution in [0.5, 0.6) is 0 Å². The molecule has 0 saturated carbocycles. The minimum Gasteiger partial charge on any atom is -0.320 e. The molecule has 1 aromatic rings. The van der Waals surface area contributed by atoms with Crippen molar-refractivity contribution < 1.29 is 4.48 Å². The first-order chi connectivity index (χ1) is 20.8. The lowest BCUT2D eigenvalue weighted by Gasteiger charge is -2.39. The van der Waals surface area contributed by atoms with Gasteiger partial charge in [-0.05, 0) is 38.5 Å². The second-order valence-corrected chi connectivity index (χ2v) is 14.0. The normalized spacial score (nSPS) is 11.9. The summed E-state index contributed by atoms with van der Waals surface area (Å²) in [4.78, 5) is 0. The van der Waals surface area contributed by atoms with E-state index >= 15 is 0 Å². The van der Waals surface area contributed by atoms with E-state index in [2.05, 4.69) is 51.1 Å². The van der Waals surface area contributed by atoms with E-state index in [4.69, 9.17) is 0 Å². The van der Waals surface area contributed by atoms with E-state index < -0.39 is 0 Å². The van der Waals surface area contributed by atoms with Crippen LogP contribution in [-0.2, 0) is 6.54 Å². The largest absolute Gasteiger partial charge is 0.320 e. The maximum Gasteiger partial charge on any atom is 0.104 e. The average molecular weight is 585 g/mol. The highest BCUT2D eigenvalue weighted by Gasteiger charge is 2.26. The molecular formula is C41H78N+. The Morgan fingerprint density at radius 2 is 0.595 bits per heavy atom. The first kappa shape index (κ1) is 39.2. The molecule has 0 unspecified atom stereocenters. The standard InChI is InChI=1S/C41H78N/c1-4-7-10-13-16-19-20-21-22-25-28-34-39-42(40-41-35-30-29-31-36-41,37-32-26-23-17-14-11-8-5-2)38-33-27-24-18-15-12-9-6-3/h29-31,35-36H,4-28,32-34,37-40H2,1-3H3/q+1. The summed E-state index contributed by atoms with van der Waals surface area (Å²) in [6.45, 7) is 12.4. The number of nitrogens with zero attached hydrogens (tertiary/aromatic N) is 1. The Balaban J connectivity index is 2.56. The Kier molecular flexibility index (Phi) is 28.2. The third-order valence-electron chi connectivity index (χ3n) is 9.82. The molecule has 0 bridgehead atoms. The first-order valence-corrected chi connectivity index (χ1v) is 19.7. The molecule has 0 aliphatic heterocycles. The molecule has 0 saturated heterocycles. The molecule has 1 nitrogen and oxygen atoms in total. The Morgan fingerprint density at radius 1 is 0.333 bits per heavy atom. The molecule has 0 radical (unpaired) electrons. The zero-order valence-electron chi connectivity index (χ0n) is 29.5. The Morgan fingerprint density at radius 3 is 0.881 bits per heavy atom. The fourth-order valence-electron chi connectivity index (χ4n) is 6.99. The molecule has 0 N–H and O–H groups in total. The fourth-order valence-corrected chi connectivity index (χ4v) is 6.99. The number of rotatable bonds is 33. The van der Waals surface area contributed by atoms with Gasteiger partial charge in [-0.25, -0.2) is 0 Å². The summed E-state index contributed by atoms with van der Waals surface area (Å²) in [5.74, 6) is 0. The topological polar surface area (TPSA) is 0 Å². The highest BCUT2D eigenvalue weighted by molar-refractivity contribution is 5.13. The molecule has 0 amide bonds. The third kappa shape index (κ3) is 23.6. The summed E-state index contributed by atoms with van der Waals surface area (Å²) < 4.78 is 1.35. The number of unbranched alkanes of at least 4 members (excludes halogenated alkanes) is 25. The van der Waals surface area contributed by atoms with Crippen molar-refractivity contribution in [3.63, 3.8) is 0 Å². The number of benzene rings is 1. The maximum absolute atomic E-state index is 2.40. The lowest BCUT2D eigenvalue weighted by Crippen LogP contribution is -2.49. The molecule has 0 aliphatic rings. The van der Waals surface area contributed by atoms with Crippen LogP contribution in [0.1, 0.15) is 206 Å². The zero-order chi connectivity index (χ0) is 30.2. The van der Waals surface area contributed by atoms with Gasteiger partial charge in [-0.2, -0.15) is 0 Å². The molecular weight excluding hydrogens is 506 g/mol. The van der Waals surface area contributed by atoms with E-state index in [1.54, 1.807) is 5.56 Å². The van der Waals surface area contributed by atoms with Crippen LogP contribution in [-0.4, -0.2) is 24.1 Å². The van der Waals surface area contributed by atoms with Crippen molar-refractivity contribution >= 4 is 0 Å². The van der Waals surface area contributed by atoms with Crippen molar-refractivity contribution in [1.29, 1.82) is 0 Å². The van der Waals surface area contributed by atoms with Crippen molar-refractivity contribution in [3.8, 4) is 0 Å². The third-order valence-corrected chi connectivity index (χ3v) is 9.82. The van der Waals surface area contributed by atoms with E-state index in [1.807, 2.05) is 0 Å². The molecule has 0 fully saturated rings. The van der Waals surface area contributed by atoms with Crippen molar-refractivity contribution in [2.45, 2.75) is 207 Å². The summed E-state index contributed by atoms with van der Waals surface area (Å²) in [6.07, 6.45) is 40.3. The van der Waals surface area contributed by atoms with Crippen LogP contribution in [0.2, 0.25) is 0 Å². The van der Waals surface area contributed by atoms with Gasteiger partial charge in [0.05, 0.1) is 19.6 Å². The summed E-state index contributed by atoms with van der Waals surface area (Å²) in [5, 5.41) is 0. The van der Waals surface area contributed by atoms with Gasteiger partial charge in [-0.1, -0.05) is 192 Å². The molecule has 0 spiro atoms. The van der Waals surface area contributed by atoms with E-state index in [-0.39, 0.29) is 0 Å². The second kappa shape index (κ2) is 30.2. The quantitative estimate of drug-likeness (QED) is 0.0569. The van der Waals surface area contributed by atoms with Gasteiger partial charge in [0.1, 0.15) is 6.54 Å². The summed E-state index contributed by atoms with van der Waals surface area (Å²) in [5.41, 5.74) is 1.57. The average Bonchev–Trinajstić information content (AvgIpc) is 3.01. The van der Waals surface area contributed by atoms with Crippen LogP contribution >= 0.6 is 0 Å². The molecule has 0 atom stereocenters. The van der Waals surface area contributed by atoms with Crippen LogP contribution in [0.3, 0.4) is 0 Å². The number of hydrogen-bond acceptors (Lipinski definition) is 0. The van der Waals surface area contributed by atoms with E-state index in [1.165, 1.54) is 210 Å². The van der Waals surface area contributed by atoms with Crippen molar-refractivity contribution in [3.05, 3.63) is 35.9 Å². The second-order valence-electron chi connectivity index (χ2n) is 14.0. The Labute approximate surface area is 266 Å². The smallest absolute Gasteiger partial charge is 0.104 e. The SMILES string of the molecule is CCCCCCCCCCCCCC[N+](CCCCCCCCCC)(CCCCCCCCCC)Cc1ccccc1. The van der Waals surface area contributed by atoms with Gasteiger partial charge in [0.2, 0.25) is 0 Å². The Bertz CT molecular complexity index is 618. The van der Waals surface area contributed by atoms with Crippen LogP contribution in [0.4, 0.5) is 0 Å². The van der Waals surface area contributed by atoms with Gasteiger partial charge < -0.3 is 4.48 Å². The molecule has 42 heavy (non-hydrogen) atoms. The highest BCUT2D eigenvalue weighted by atomic mass is 15.3. The molecule has 0 aromatic heterocycles. The minimum absolute atomic E-state index is 1.26. The molecule has 246 valence electrons. The van der Waals surface area contributed by atoms with Crippen molar-refractivity contribution in [2.75, 3.05) is 19.6 Å². The summed E-state index contributed by atoms with van der Waals surface area (Å²) >= 11 is 0. The number of quaternary nitrogens is 1. The van der Waals surface area contributed by atoms with E-state index in [9.17, 15) is 0 Å². The summed E-state index contributed by atoms with van der Waals surface area (Å²) in [6, 6.07) is 11.5. The van der Waals surface area contributed by atoms with Crippen LogP contribution in [0.25, 0.3) is 0 Å². The molecule has 0 aliphatic carbocycles. The van der Waals surface area contributed by atoms with Crippen LogP contribution in [0, 0.1) is 0 Å². The predicted molar refractivity (Wildman–Crippen MR) is 191 cm³/mol. The van der Waals surface area contributed by atoms with Crippen LogP contribution in [0.15, 0.2) is 30.3 Å². The maximum atomic E-state index is 2.40. The van der Waals surface area contributed by atoms with Gasteiger partial charge in [-0.15, -0.1) is 0 Å². The van der Waals surface area contributed by atoms with Gasteiger partial charge in [-0.3, -0.25) is 0 Å². The predicted octanol–water partition coefficient (Wildman–Crippen LogP) is 14.0. The lowest BCUT2D eigenvalue weighted by atomic mass is 10.0. The van der Waals surface area contributed by atoms with Gasteiger partial charge in [0, 0.05) is 5.56 Å². The van der Waals surface area contributed by atoms with Crippen molar-refractivity contribution in [2.24, 2.45) is 0 Å². The van der Waals surface area contributed by atoms with Gasteiger partial charge in [0.25, 0.3) is 0 Å². The first-order valence-electron chi connectivity index (χ1n) is 19.7. The lowest BCUT2D eigenvalue weighted by molar-refractivity contribution is -0.941. The minimum atomic E-state index is 1.26. The molecule has 1 aromatic carbocycles. The fraction of sp³-hybridized carbons (Fsp3) is 0.854. The van der Waals surface area contributed by atoms with Gasteiger partial charge >= 0.3 is 0 Å².